The van der Waals surface area contributed by atoms with E-state index in [0.29, 0.717) is 46.2 Å². The largest absolute Gasteiger partial charge is 0.493 e. The number of fused-ring (bicyclic) bond motifs is 6. The summed E-state index contributed by atoms with van der Waals surface area (Å²) < 4.78 is 18.6. The summed E-state index contributed by atoms with van der Waals surface area (Å²) in [6.45, 7) is 2.07. The van der Waals surface area contributed by atoms with Crippen molar-refractivity contribution >= 4 is 28.3 Å². The fraction of sp³-hybridized carbons (Fsp3) is 0.355. The molecule has 3 aromatic carbocycles. The minimum atomic E-state index is -1.35. The molecular weight excluding hydrogens is 508 g/mol. The summed E-state index contributed by atoms with van der Waals surface area (Å²) in [4.78, 5) is 30.2. The highest BCUT2D eigenvalue weighted by Crippen LogP contribution is 2.65. The Hall–Kier alpha value is -4.28. The van der Waals surface area contributed by atoms with Crippen LogP contribution in [0.1, 0.15) is 30.9 Å². The number of benzene rings is 3. The summed E-state index contributed by atoms with van der Waals surface area (Å²) in [5, 5.41) is 23.3. The molecule has 3 fully saturated rings. The van der Waals surface area contributed by atoms with E-state index >= 15 is 0 Å². The molecule has 0 aromatic heterocycles. The lowest BCUT2D eigenvalue weighted by Crippen LogP contribution is -2.69. The summed E-state index contributed by atoms with van der Waals surface area (Å²) in [5.41, 5.74) is -2.06. The summed E-state index contributed by atoms with van der Waals surface area (Å²) in [5.74, 6) is -1.02. The van der Waals surface area contributed by atoms with E-state index < -0.39 is 34.7 Å². The van der Waals surface area contributed by atoms with Crippen molar-refractivity contribution in [3.8, 4) is 17.9 Å². The van der Waals surface area contributed by atoms with Gasteiger partial charge < -0.3 is 19.5 Å². The number of nitriles is 2. The first-order chi connectivity index (χ1) is 19.3. The maximum absolute atomic E-state index is 14.6. The first-order valence-electron chi connectivity index (χ1n) is 13.2. The maximum atomic E-state index is 14.6. The number of hydrogen-bond donors (Lipinski definition) is 1. The molecule has 202 valence electrons. The number of nitrogens with one attached hydrogen (secondary N) is 1. The average Bonchev–Trinajstić information content (AvgIpc) is 3.50. The SMILES string of the molecule is CN[C@@]12C(=O)N(c3ccc(C#N)c4ccccc34)C(=O)C1C1(C)OC2(CCOc2ccc(C#N)cc2)C[C@H]1OC. The molecule has 9 nitrogen and oxygen atoms in total. The molecule has 0 aliphatic carbocycles. The highest BCUT2D eigenvalue weighted by Gasteiger charge is 2.84. The van der Waals surface area contributed by atoms with Crippen molar-refractivity contribution in [2.24, 2.45) is 5.92 Å². The molecule has 6 rings (SSSR count). The molecule has 3 aliphatic rings. The summed E-state index contributed by atoms with van der Waals surface area (Å²) >= 11 is 0. The first kappa shape index (κ1) is 26.0. The van der Waals surface area contributed by atoms with E-state index in [9.17, 15) is 14.9 Å². The molecule has 3 heterocycles. The van der Waals surface area contributed by atoms with Crippen LogP contribution in [-0.4, -0.2) is 55.4 Å². The molecule has 0 radical (unpaired) electrons. The van der Waals surface area contributed by atoms with Gasteiger partial charge in [-0.2, -0.15) is 10.5 Å². The number of nitrogens with zero attached hydrogens (tertiary/aromatic N) is 3. The van der Waals surface area contributed by atoms with Crippen LogP contribution in [-0.2, 0) is 19.1 Å². The third kappa shape index (κ3) is 3.23. The highest BCUT2D eigenvalue weighted by molar-refractivity contribution is 6.29. The van der Waals surface area contributed by atoms with Crippen molar-refractivity contribution in [3.05, 3.63) is 71.8 Å². The maximum Gasteiger partial charge on any atom is 0.258 e. The van der Waals surface area contributed by atoms with Gasteiger partial charge in [0.1, 0.15) is 28.4 Å². The van der Waals surface area contributed by atoms with E-state index in [1.54, 1.807) is 50.6 Å². The van der Waals surface area contributed by atoms with Crippen LogP contribution in [0, 0.1) is 28.6 Å². The molecular formula is C31H28N4O5. The molecule has 1 N–H and O–H groups in total. The van der Waals surface area contributed by atoms with Gasteiger partial charge in [0.2, 0.25) is 5.91 Å². The number of carbonyl (C=O) groups is 2. The van der Waals surface area contributed by atoms with Gasteiger partial charge in [0.05, 0.1) is 41.7 Å². The number of amides is 2. The van der Waals surface area contributed by atoms with Crippen LogP contribution >= 0.6 is 0 Å². The Morgan fingerprint density at radius 3 is 2.42 bits per heavy atom. The normalized spacial score (nSPS) is 30.4. The number of imide groups is 1. The van der Waals surface area contributed by atoms with Gasteiger partial charge in [-0.1, -0.05) is 24.3 Å². The van der Waals surface area contributed by atoms with Crippen molar-refractivity contribution in [1.29, 1.82) is 10.5 Å². The molecule has 3 saturated heterocycles. The predicted octanol–water partition coefficient (Wildman–Crippen LogP) is 3.45. The number of likely N-dealkylation sites (N-methyl/N-ethyl adjacent to an activating group) is 1. The molecule has 3 unspecified atom stereocenters. The Labute approximate surface area is 231 Å². The van der Waals surface area contributed by atoms with Crippen LogP contribution in [0.5, 0.6) is 5.75 Å². The quantitative estimate of drug-likeness (QED) is 0.456. The van der Waals surface area contributed by atoms with Crippen molar-refractivity contribution in [1.82, 2.24) is 5.32 Å². The molecule has 5 atom stereocenters. The van der Waals surface area contributed by atoms with Crippen LogP contribution in [0.25, 0.3) is 10.8 Å². The van der Waals surface area contributed by atoms with E-state index in [2.05, 4.69) is 17.5 Å². The molecule has 2 amide bonds. The van der Waals surface area contributed by atoms with Gasteiger partial charge in [-0.3, -0.25) is 9.59 Å². The molecule has 2 bridgehead atoms. The fourth-order valence-electron chi connectivity index (χ4n) is 7.27. The van der Waals surface area contributed by atoms with Gasteiger partial charge in [-0.25, -0.2) is 4.90 Å². The van der Waals surface area contributed by atoms with Gasteiger partial charge in [0, 0.05) is 30.7 Å². The lowest BCUT2D eigenvalue weighted by molar-refractivity contribution is -0.135. The smallest absolute Gasteiger partial charge is 0.258 e. The second-order valence-electron chi connectivity index (χ2n) is 10.7. The molecule has 3 aromatic rings. The topological polar surface area (TPSA) is 125 Å². The number of anilines is 1. The Morgan fingerprint density at radius 1 is 1.05 bits per heavy atom. The van der Waals surface area contributed by atoms with E-state index in [1.165, 1.54) is 4.90 Å². The molecule has 9 heteroatoms. The van der Waals surface area contributed by atoms with E-state index in [0.717, 1.165) is 0 Å². The molecule has 0 saturated carbocycles. The Kier molecular flexibility index (Phi) is 5.93. The van der Waals surface area contributed by atoms with Crippen LogP contribution in [0.15, 0.2) is 60.7 Å². The van der Waals surface area contributed by atoms with Crippen LogP contribution in [0.2, 0.25) is 0 Å². The molecule has 40 heavy (non-hydrogen) atoms. The van der Waals surface area contributed by atoms with Crippen LogP contribution in [0.3, 0.4) is 0 Å². The van der Waals surface area contributed by atoms with Gasteiger partial charge in [-0.15, -0.1) is 0 Å². The zero-order valence-corrected chi connectivity index (χ0v) is 22.4. The summed E-state index contributed by atoms with van der Waals surface area (Å²) in [7, 11) is 3.28. The molecule has 0 spiro atoms. The first-order valence-corrected chi connectivity index (χ1v) is 13.2. The summed E-state index contributed by atoms with van der Waals surface area (Å²) in [6, 6.07) is 21.7. The number of carbonyl (C=O) groups excluding carboxylic acids is 2. The predicted molar refractivity (Wildman–Crippen MR) is 145 cm³/mol. The van der Waals surface area contributed by atoms with Crippen molar-refractivity contribution in [3.63, 3.8) is 0 Å². The van der Waals surface area contributed by atoms with Crippen LogP contribution < -0.4 is 15.0 Å². The Balaban J connectivity index is 1.42. The number of ether oxygens (including phenoxy) is 3. The molecule has 3 aliphatic heterocycles. The van der Waals surface area contributed by atoms with Crippen LogP contribution in [0.4, 0.5) is 5.69 Å². The number of methoxy groups -OCH3 is 1. The van der Waals surface area contributed by atoms with E-state index in [4.69, 9.17) is 19.5 Å². The van der Waals surface area contributed by atoms with Gasteiger partial charge in [-0.05, 0) is 50.4 Å². The standard InChI is InChI=1S/C31H28N4O5/c1-29-25(38-3)16-30(40-29,14-15-39-21-11-8-19(17-32)9-12-21)31(34-2)26(29)27(36)35(28(31)37)24-13-10-20(18-33)22-6-4-5-7-23(22)24/h4-13,25-26,34H,14-16H2,1-3H3/t25-,26?,29?,30?,31-/m1/s1. The second-order valence-corrected chi connectivity index (χ2v) is 10.7. The third-order valence-corrected chi connectivity index (χ3v) is 9.00. The Morgan fingerprint density at radius 2 is 1.77 bits per heavy atom. The second kappa shape index (κ2) is 9.14. The van der Waals surface area contributed by atoms with Crippen molar-refractivity contribution in [2.45, 2.75) is 42.6 Å². The van der Waals surface area contributed by atoms with Gasteiger partial charge >= 0.3 is 0 Å². The zero-order valence-electron chi connectivity index (χ0n) is 22.4. The zero-order chi connectivity index (χ0) is 28.3. The minimum Gasteiger partial charge on any atom is -0.493 e. The Bertz CT molecular complexity index is 1630. The van der Waals surface area contributed by atoms with E-state index in [-0.39, 0.29) is 12.5 Å². The monoisotopic (exact) mass is 536 g/mol. The number of hydrogen-bond acceptors (Lipinski definition) is 8. The lowest BCUT2D eigenvalue weighted by Gasteiger charge is -2.44. The van der Waals surface area contributed by atoms with E-state index in [1.807, 2.05) is 31.2 Å². The minimum absolute atomic E-state index is 0.218. The van der Waals surface area contributed by atoms with Gasteiger partial charge in [0.25, 0.3) is 5.91 Å². The number of rotatable bonds is 7. The van der Waals surface area contributed by atoms with Gasteiger partial charge in [0.15, 0.2) is 0 Å². The lowest BCUT2D eigenvalue weighted by atomic mass is 9.61. The van der Waals surface area contributed by atoms with Crippen molar-refractivity contribution in [2.75, 3.05) is 25.7 Å². The van der Waals surface area contributed by atoms with Crippen molar-refractivity contribution < 1.29 is 23.8 Å². The fourth-order valence-corrected chi connectivity index (χ4v) is 7.27. The summed E-state index contributed by atoms with van der Waals surface area (Å²) in [6.07, 6.45) is 0.304. The third-order valence-electron chi connectivity index (χ3n) is 9.00. The average molecular weight is 537 g/mol. The highest BCUT2D eigenvalue weighted by atomic mass is 16.6.